The molecular formula is C13H29N3. The average molecular weight is 227 g/mol. The highest BCUT2D eigenvalue weighted by molar-refractivity contribution is 4.76. The van der Waals surface area contributed by atoms with Crippen LogP contribution in [0.1, 0.15) is 38.5 Å². The zero-order valence-electron chi connectivity index (χ0n) is 11.1. The fraction of sp³-hybridized carbons (Fsp3) is 1.00. The Morgan fingerprint density at radius 2 is 1.69 bits per heavy atom. The van der Waals surface area contributed by atoms with Crippen molar-refractivity contribution in [2.75, 3.05) is 40.3 Å². The lowest BCUT2D eigenvalue weighted by atomic mass is 9.94. The van der Waals surface area contributed by atoms with E-state index in [1.165, 1.54) is 51.7 Å². The maximum absolute atomic E-state index is 5.63. The first-order valence-corrected chi connectivity index (χ1v) is 6.83. The van der Waals surface area contributed by atoms with Crippen LogP contribution in [0.25, 0.3) is 0 Å². The van der Waals surface area contributed by atoms with Gasteiger partial charge < -0.3 is 10.6 Å². The summed E-state index contributed by atoms with van der Waals surface area (Å²) in [5, 5.41) is 0. The second-order valence-electron chi connectivity index (χ2n) is 5.27. The lowest BCUT2D eigenvalue weighted by molar-refractivity contribution is 0.143. The minimum Gasteiger partial charge on any atom is -0.330 e. The Balaban J connectivity index is 2.34. The Kier molecular flexibility index (Phi) is 7.01. The van der Waals surface area contributed by atoms with E-state index in [1.54, 1.807) is 0 Å². The van der Waals surface area contributed by atoms with E-state index in [9.17, 15) is 0 Å². The van der Waals surface area contributed by atoms with E-state index in [0.717, 1.165) is 19.0 Å². The number of hydrogen-bond acceptors (Lipinski definition) is 3. The summed E-state index contributed by atoms with van der Waals surface area (Å²) in [4.78, 5) is 4.95. The summed E-state index contributed by atoms with van der Waals surface area (Å²) in [7, 11) is 4.31. The predicted octanol–water partition coefficient (Wildman–Crippen LogP) is 1.53. The number of hydrogen-bond donors (Lipinski definition) is 1. The zero-order valence-corrected chi connectivity index (χ0v) is 11.1. The second-order valence-corrected chi connectivity index (χ2v) is 5.27. The van der Waals surface area contributed by atoms with Gasteiger partial charge in [0.05, 0.1) is 0 Å². The van der Waals surface area contributed by atoms with Gasteiger partial charge in [0.25, 0.3) is 0 Å². The van der Waals surface area contributed by atoms with Crippen molar-refractivity contribution in [1.82, 2.24) is 9.80 Å². The van der Waals surface area contributed by atoms with Gasteiger partial charge >= 0.3 is 0 Å². The molecule has 0 aliphatic heterocycles. The molecule has 0 aromatic rings. The molecule has 0 unspecified atom stereocenters. The van der Waals surface area contributed by atoms with Crippen molar-refractivity contribution < 1.29 is 0 Å². The lowest BCUT2D eigenvalue weighted by Gasteiger charge is -2.35. The molecule has 0 radical (unpaired) electrons. The van der Waals surface area contributed by atoms with E-state index in [4.69, 9.17) is 5.73 Å². The molecule has 0 heterocycles. The third kappa shape index (κ3) is 5.28. The number of rotatable bonds is 7. The van der Waals surface area contributed by atoms with Gasteiger partial charge in [0, 0.05) is 19.1 Å². The molecule has 16 heavy (non-hydrogen) atoms. The third-order valence-corrected chi connectivity index (χ3v) is 3.57. The molecule has 1 rings (SSSR count). The summed E-state index contributed by atoms with van der Waals surface area (Å²) < 4.78 is 0. The molecule has 0 aromatic carbocycles. The van der Waals surface area contributed by atoms with Crippen molar-refractivity contribution in [2.45, 2.75) is 44.6 Å². The van der Waals surface area contributed by atoms with Crippen LogP contribution in [0.5, 0.6) is 0 Å². The minimum atomic E-state index is 0.825. The molecule has 1 saturated carbocycles. The van der Waals surface area contributed by atoms with Gasteiger partial charge in [-0.15, -0.1) is 0 Å². The minimum absolute atomic E-state index is 0.825. The molecule has 0 amide bonds. The lowest BCUT2D eigenvalue weighted by Crippen LogP contribution is -2.41. The SMILES string of the molecule is CN(C)CCN(CCCN)C1CCCCC1. The summed E-state index contributed by atoms with van der Waals surface area (Å²) in [5.74, 6) is 0. The second kappa shape index (κ2) is 8.04. The Morgan fingerprint density at radius 1 is 1.00 bits per heavy atom. The van der Waals surface area contributed by atoms with Gasteiger partial charge in [-0.3, -0.25) is 4.90 Å². The molecule has 1 fully saturated rings. The number of nitrogens with zero attached hydrogens (tertiary/aromatic N) is 2. The van der Waals surface area contributed by atoms with Crippen LogP contribution in [0.3, 0.4) is 0 Å². The van der Waals surface area contributed by atoms with Crippen LogP contribution in [0.15, 0.2) is 0 Å². The van der Waals surface area contributed by atoms with Crippen LogP contribution in [0, 0.1) is 0 Å². The Bertz CT molecular complexity index is 165. The molecule has 0 saturated heterocycles. The topological polar surface area (TPSA) is 32.5 Å². The highest BCUT2D eigenvalue weighted by Gasteiger charge is 2.20. The largest absolute Gasteiger partial charge is 0.330 e. The molecule has 96 valence electrons. The van der Waals surface area contributed by atoms with E-state index < -0.39 is 0 Å². The first-order chi connectivity index (χ1) is 7.74. The van der Waals surface area contributed by atoms with Crippen molar-refractivity contribution in [3.05, 3.63) is 0 Å². The van der Waals surface area contributed by atoms with Crippen LogP contribution in [-0.4, -0.2) is 56.1 Å². The summed E-state index contributed by atoms with van der Waals surface area (Å²) >= 11 is 0. The monoisotopic (exact) mass is 227 g/mol. The summed E-state index contributed by atoms with van der Waals surface area (Å²) in [5.41, 5.74) is 5.63. The van der Waals surface area contributed by atoms with Gasteiger partial charge in [-0.1, -0.05) is 19.3 Å². The maximum Gasteiger partial charge on any atom is 0.0112 e. The van der Waals surface area contributed by atoms with Crippen LogP contribution >= 0.6 is 0 Å². The summed E-state index contributed by atoms with van der Waals surface area (Å²) in [6, 6.07) is 0.834. The molecule has 0 atom stereocenters. The first-order valence-electron chi connectivity index (χ1n) is 6.83. The van der Waals surface area contributed by atoms with E-state index >= 15 is 0 Å². The molecule has 3 nitrogen and oxygen atoms in total. The zero-order chi connectivity index (χ0) is 11.8. The smallest absolute Gasteiger partial charge is 0.0112 e. The van der Waals surface area contributed by atoms with E-state index in [0.29, 0.717) is 0 Å². The van der Waals surface area contributed by atoms with Crippen molar-refractivity contribution >= 4 is 0 Å². The fourth-order valence-corrected chi connectivity index (χ4v) is 2.55. The number of nitrogens with two attached hydrogens (primary N) is 1. The molecule has 1 aliphatic rings. The van der Waals surface area contributed by atoms with Crippen LogP contribution < -0.4 is 5.73 Å². The molecule has 3 heteroatoms. The Labute approximate surface area is 101 Å². The van der Waals surface area contributed by atoms with Gasteiger partial charge in [0.15, 0.2) is 0 Å². The predicted molar refractivity (Wildman–Crippen MR) is 70.7 cm³/mol. The van der Waals surface area contributed by atoms with Crippen molar-refractivity contribution in [2.24, 2.45) is 5.73 Å². The van der Waals surface area contributed by atoms with Crippen LogP contribution in [0.4, 0.5) is 0 Å². The first kappa shape index (κ1) is 13.9. The summed E-state index contributed by atoms with van der Waals surface area (Å²) in [6.07, 6.45) is 8.23. The van der Waals surface area contributed by atoms with Crippen LogP contribution in [-0.2, 0) is 0 Å². The van der Waals surface area contributed by atoms with Gasteiger partial charge in [-0.2, -0.15) is 0 Å². The highest BCUT2D eigenvalue weighted by atomic mass is 15.2. The van der Waals surface area contributed by atoms with Gasteiger partial charge in [-0.25, -0.2) is 0 Å². The summed E-state index contributed by atoms with van der Waals surface area (Å²) in [6.45, 7) is 4.39. The number of likely N-dealkylation sites (N-methyl/N-ethyl adjacent to an activating group) is 1. The maximum atomic E-state index is 5.63. The Hall–Kier alpha value is -0.120. The molecule has 2 N–H and O–H groups in total. The fourth-order valence-electron chi connectivity index (χ4n) is 2.55. The van der Waals surface area contributed by atoms with Crippen LogP contribution in [0.2, 0.25) is 0 Å². The van der Waals surface area contributed by atoms with Crippen molar-refractivity contribution in [3.8, 4) is 0 Å². The van der Waals surface area contributed by atoms with Gasteiger partial charge in [0.2, 0.25) is 0 Å². The molecule has 0 spiro atoms. The average Bonchev–Trinajstić information content (AvgIpc) is 2.30. The quantitative estimate of drug-likeness (QED) is 0.716. The molecule has 0 aromatic heterocycles. The van der Waals surface area contributed by atoms with Gasteiger partial charge in [0.1, 0.15) is 0 Å². The third-order valence-electron chi connectivity index (χ3n) is 3.57. The van der Waals surface area contributed by atoms with Gasteiger partial charge in [-0.05, 0) is 46.4 Å². The molecule has 1 aliphatic carbocycles. The van der Waals surface area contributed by atoms with E-state index in [-0.39, 0.29) is 0 Å². The molecule has 0 bridgehead atoms. The van der Waals surface area contributed by atoms with Crippen molar-refractivity contribution in [3.63, 3.8) is 0 Å². The highest BCUT2D eigenvalue weighted by Crippen LogP contribution is 2.22. The van der Waals surface area contributed by atoms with E-state index in [1.807, 2.05) is 0 Å². The van der Waals surface area contributed by atoms with E-state index in [2.05, 4.69) is 23.9 Å². The normalized spacial score (nSPS) is 18.6. The molecular weight excluding hydrogens is 198 g/mol. The Morgan fingerprint density at radius 3 is 2.25 bits per heavy atom. The van der Waals surface area contributed by atoms with Crippen molar-refractivity contribution in [1.29, 1.82) is 0 Å². The standard InChI is InChI=1S/C13H29N3/c1-15(2)11-12-16(10-6-9-14)13-7-4-3-5-8-13/h13H,3-12,14H2,1-2H3.